The fourth-order valence-corrected chi connectivity index (χ4v) is 20.3. The van der Waals surface area contributed by atoms with Gasteiger partial charge >= 0.3 is 0 Å². The van der Waals surface area contributed by atoms with Gasteiger partial charge in [0, 0.05) is 75.0 Å². The van der Waals surface area contributed by atoms with E-state index in [1.54, 1.807) is 0 Å². The highest BCUT2D eigenvalue weighted by Gasteiger charge is 2.27. The van der Waals surface area contributed by atoms with Gasteiger partial charge in [-0.15, -0.1) is 22.7 Å². The molecule has 0 fully saturated rings. The molecule has 0 aliphatic rings. The molecule has 4 heterocycles. The van der Waals surface area contributed by atoms with Gasteiger partial charge < -0.3 is 18.6 Å². The molecule has 4 nitrogen and oxygen atoms in total. The van der Waals surface area contributed by atoms with Crippen molar-refractivity contribution >= 4 is 173 Å². The average Bonchev–Trinajstić information content (AvgIpc) is 1.60. The highest BCUT2D eigenvalue weighted by molar-refractivity contribution is 7.27. The molecule has 0 spiro atoms. The Morgan fingerprint density at radius 3 is 1.25 bits per heavy atom. The summed E-state index contributed by atoms with van der Waals surface area (Å²) >= 11 is 3.71. The number of nitrogens with zero attached hydrogens (tertiary/aromatic N) is 2. The standard InChI is InChI=1S/C108H66N2O2S2/c1-3-22-68(23-4-1)83-58-52-75(61-91(83)70-24-5-2-6-25-70)67-48-54-79(55-49-67)109(97-41-18-37-89-86-33-13-16-45-103(86)113-107(89)97)95-39-14-11-32-85(95)88-36-21-44-100-106(88)94-64-77-47-46-74(60-78(77)66-102(94)112-100)76-53-59-104-92(62-76)90-38-19-42-98(108(90)114-104)110(80-56-50-71(51-57-80)82-34-17-29-69-26-9-10-30-81(69)82)96-40-15-12-31-84(96)87-35-20-43-99-105(87)93-63-72-27-7-8-28-73(72)65-101(93)111-99/h1-66H. The number of rotatable bonds is 13. The van der Waals surface area contributed by atoms with Crippen LogP contribution in [0.3, 0.4) is 0 Å². The summed E-state index contributed by atoms with van der Waals surface area (Å²) in [4.78, 5) is 4.96. The summed E-state index contributed by atoms with van der Waals surface area (Å²) in [5, 5.41) is 16.3. The average molecular weight is 1490 g/mol. The number of anilines is 6. The molecular formula is C108H66N2O2S2. The first-order valence-corrected chi connectivity index (χ1v) is 40.5. The Balaban J connectivity index is 0.623. The molecule has 0 amide bonds. The molecule has 23 rings (SSSR count). The Bertz CT molecular complexity index is 7800. The molecule has 0 unspecified atom stereocenters. The lowest BCUT2D eigenvalue weighted by atomic mass is 9.91. The molecule has 0 saturated heterocycles. The van der Waals surface area contributed by atoms with Crippen LogP contribution >= 0.6 is 22.7 Å². The third-order valence-electron chi connectivity index (χ3n) is 23.2. The van der Waals surface area contributed by atoms with E-state index in [0.29, 0.717) is 0 Å². The second kappa shape index (κ2) is 26.7. The molecule has 0 aliphatic heterocycles. The largest absolute Gasteiger partial charge is 0.456 e. The predicted molar refractivity (Wildman–Crippen MR) is 487 cm³/mol. The van der Waals surface area contributed by atoms with Gasteiger partial charge in [-0.2, -0.15) is 0 Å². The maximum atomic E-state index is 7.04. The molecule has 0 radical (unpaired) electrons. The normalized spacial score (nSPS) is 11.9. The van der Waals surface area contributed by atoms with Crippen LogP contribution in [0.4, 0.5) is 34.1 Å². The zero-order chi connectivity index (χ0) is 74.9. The second-order valence-corrected chi connectivity index (χ2v) is 31.8. The van der Waals surface area contributed by atoms with E-state index in [1.165, 1.54) is 89.9 Å². The fourth-order valence-electron chi connectivity index (χ4n) is 17.9. The van der Waals surface area contributed by atoms with Crippen LogP contribution in [0.1, 0.15) is 0 Å². The molecule has 114 heavy (non-hydrogen) atoms. The zero-order valence-corrected chi connectivity index (χ0v) is 63.3. The van der Waals surface area contributed by atoms with E-state index in [0.717, 1.165) is 139 Å². The van der Waals surface area contributed by atoms with Crippen LogP contribution < -0.4 is 9.80 Å². The molecule has 6 heteroatoms. The van der Waals surface area contributed by atoms with Crippen LogP contribution in [0.5, 0.6) is 0 Å². The lowest BCUT2D eigenvalue weighted by Crippen LogP contribution is -2.11. The van der Waals surface area contributed by atoms with Crippen LogP contribution in [-0.4, -0.2) is 0 Å². The first-order chi connectivity index (χ1) is 56.5. The molecule has 0 bridgehead atoms. The van der Waals surface area contributed by atoms with E-state index >= 15 is 0 Å². The summed E-state index contributed by atoms with van der Waals surface area (Å²) in [7, 11) is 0. The topological polar surface area (TPSA) is 32.8 Å². The summed E-state index contributed by atoms with van der Waals surface area (Å²) < 4.78 is 18.7. The van der Waals surface area contributed by atoms with Crippen molar-refractivity contribution in [2.24, 2.45) is 0 Å². The van der Waals surface area contributed by atoms with Gasteiger partial charge in [0.2, 0.25) is 0 Å². The fraction of sp³-hybridized carbons (Fsp3) is 0. The molecule has 0 N–H and O–H groups in total. The highest BCUT2D eigenvalue weighted by atomic mass is 32.1. The maximum absolute atomic E-state index is 7.04. The highest BCUT2D eigenvalue weighted by Crippen LogP contribution is 2.53. The minimum Gasteiger partial charge on any atom is -0.456 e. The van der Waals surface area contributed by atoms with Gasteiger partial charge in [0.05, 0.1) is 32.1 Å². The molecule has 4 aromatic heterocycles. The molecule has 0 atom stereocenters. The van der Waals surface area contributed by atoms with Crippen molar-refractivity contribution < 1.29 is 8.83 Å². The smallest absolute Gasteiger partial charge is 0.136 e. The SMILES string of the molecule is c1ccc(-c2ccc(-c3ccc(N(c4ccccc4-c4cccc5oc6cc7cc(-c8ccc9sc%10c(N(c%11ccc(-c%12cccc%13ccccc%12%13)cc%11)c%11ccccc%11-c%11cccc%12oc%13cc%14ccccc%14cc%13c%11%12)cccc%10c9c8)ccc7cc6c45)c4cccc5c4sc4ccccc45)cc3)cc2-c2ccccc2)cc1. The quantitative estimate of drug-likeness (QED) is 0.115. The number of hydrogen-bond acceptors (Lipinski definition) is 6. The van der Waals surface area contributed by atoms with Gasteiger partial charge in [0.15, 0.2) is 0 Å². The van der Waals surface area contributed by atoms with Crippen molar-refractivity contribution in [2.75, 3.05) is 9.80 Å². The number of hydrogen-bond donors (Lipinski definition) is 0. The summed E-state index contributed by atoms with van der Waals surface area (Å²) in [6.07, 6.45) is 0. The Morgan fingerprint density at radius 2 is 0.596 bits per heavy atom. The predicted octanol–water partition coefficient (Wildman–Crippen LogP) is 32.3. The Morgan fingerprint density at radius 1 is 0.184 bits per heavy atom. The minimum absolute atomic E-state index is 0.843. The molecule has 0 aliphatic carbocycles. The van der Waals surface area contributed by atoms with Crippen LogP contribution in [0, 0.1) is 0 Å². The van der Waals surface area contributed by atoms with Crippen LogP contribution in [0.2, 0.25) is 0 Å². The first-order valence-electron chi connectivity index (χ1n) is 38.8. The van der Waals surface area contributed by atoms with Gasteiger partial charge in [0.1, 0.15) is 22.3 Å². The van der Waals surface area contributed by atoms with E-state index in [-0.39, 0.29) is 0 Å². The van der Waals surface area contributed by atoms with E-state index in [2.05, 4.69) is 410 Å². The van der Waals surface area contributed by atoms with Gasteiger partial charge in [0.25, 0.3) is 0 Å². The van der Waals surface area contributed by atoms with Crippen LogP contribution in [-0.2, 0) is 0 Å². The molecule has 0 saturated carbocycles. The minimum atomic E-state index is 0.843. The summed E-state index contributed by atoms with van der Waals surface area (Å²) in [5.41, 5.74) is 26.1. The van der Waals surface area contributed by atoms with E-state index in [9.17, 15) is 0 Å². The number of para-hydroxylation sites is 2. The summed E-state index contributed by atoms with van der Waals surface area (Å²) in [6.45, 7) is 0. The van der Waals surface area contributed by atoms with Crippen molar-refractivity contribution in [1.29, 1.82) is 0 Å². The Kier molecular flexibility index (Phi) is 15.3. The van der Waals surface area contributed by atoms with Crippen molar-refractivity contribution in [3.8, 4) is 77.9 Å². The monoisotopic (exact) mass is 1490 g/mol. The first kappa shape index (κ1) is 65.5. The third kappa shape index (κ3) is 10.9. The van der Waals surface area contributed by atoms with Crippen molar-refractivity contribution in [2.45, 2.75) is 0 Å². The third-order valence-corrected chi connectivity index (χ3v) is 25.7. The number of furan rings is 2. The van der Waals surface area contributed by atoms with Gasteiger partial charge in [-0.25, -0.2) is 0 Å². The molecule has 532 valence electrons. The zero-order valence-electron chi connectivity index (χ0n) is 61.6. The van der Waals surface area contributed by atoms with E-state index in [1.807, 2.05) is 22.7 Å². The van der Waals surface area contributed by atoms with Crippen molar-refractivity contribution in [3.05, 3.63) is 400 Å². The second-order valence-electron chi connectivity index (χ2n) is 29.7. The Hall–Kier alpha value is -14.4. The Labute approximate surface area is 665 Å². The molecule has 19 aromatic carbocycles. The van der Waals surface area contributed by atoms with Gasteiger partial charge in [-0.1, -0.05) is 285 Å². The lowest BCUT2D eigenvalue weighted by Gasteiger charge is -2.28. The number of benzene rings is 19. The van der Waals surface area contributed by atoms with Crippen LogP contribution in [0.25, 0.3) is 194 Å². The summed E-state index contributed by atoms with van der Waals surface area (Å²) in [6, 6.07) is 147. The van der Waals surface area contributed by atoms with Crippen LogP contribution in [0.15, 0.2) is 409 Å². The molecule has 23 aromatic rings. The van der Waals surface area contributed by atoms with Gasteiger partial charge in [-0.3, -0.25) is 0 Å². The lowest BCUT2D eigenvalue weighted by molar-refractivity contribution is 0.669. The summed E-state index contributed by atoms with van der Waals surface area (Å²) in [5.74, 6) is 0. The molecular weight excluding hydrogens is 1420 g/mol. The van der Waals surface area contributed by atoms with Crippen molar-refractivity contribution in [3.63, 3.8) is 0 Å². The number of thiophene rings is 2. The van der Waals surface area contributed by atoms with Crippen molar-refractivity contribution in [1.82, 2.24) is 0 Å². The maximum Gasteiger partial charge on any atom is 0.136 e. The number of fused-ring (bicyclic) bond motifs is 15. The van der Waals surface area contributed by atoms with E-state index < -0.39 is 0 Å². The van der Waals surface area contributed by atoms with Gasteiger partial charge in [-0.05, 0) is 214 Å². The van der Waals surface area contributed by atoms with E-state index in [4.69, 9.17) is 8.83 Å².